The van der Waals surface area contributed by atoms with Gasteiger partial charge in [0.05, 0.1) is 26.1 Å². The van der Waals surface area contributed by atoms with Crippen molar-refractivity contribution in [2.75, 3.05) is 31.3 Å². The first-order valence-corrected chi connectivity index (χ1v) is 7.87. The number of hydrogen-bond acceptors (Lipinski definition) is 6. The van der Waals surface area contributed by atoms with Crippen molar-refractivity contribution < 1.29 is 17.9 Å². The normalized spacial score (nSPS) is 10.9. The molecule has 0 spiro atoms. The van der Waals surface area contributed by atoms with E-state index >= 15 is 0 Å². The fourth-order valence-electron chi connectivity index (χ4n) is 1.81. The van der Waals surface area contributed by atoms with E-state index in [0.717, 1.165) is 0 Å². The summed E-state index contributed by atoms with van der Waals surface area (Å²) in [6.45, 7) is 0. The van der Waals surface area contributed by atoms with E-state index in [0.29, 0.717) is 17.3 Å². The lowest BCUT2D eigenvalue weighted by atomic mass is 10.3. The molecule has 2 aromatic rings. The summed E-state index contributed by atoms with van der Waals surface area (Å²) in [5.74, 6) is 1.29. The molecular weight excluding hydrogens is 306 g/mol. The van der Waals surface area contributed by atoms with Crippen LogP contribution in [0.15, 0.2) is 41.4 Å². The molecule has 0 aliphatic rings. The zero-order valence-corrected chi connectivity index (χ0v) is 13.3. The number of pyridine rings is 1. The monoisotopic (exact) mass is 323 g/mol. The maximum Gasteiger partial charge on any atom is 0.265 e. The number of anilines is 2. The number of ether oxygens (including phenoxy) is 2. The van der Waals surface area contributed by atoms with Gasteiger partial charge in [-0.3, -0.25) is 4.72 Å². The van der Waals surface area contributed by atoms with Crippen LogP contribution in [0.5, 0.6) is 11.5 Å². The van der Waals surface area contributed by atoms with Crippen LogP contribution in [0.3, 0.4) is 0 Å². The van der Waals surface area contributed by atoms with Crippen molar-refractivity contribution >= 4 is 21.5 Å². The van der Waals surface area contributed by atoms with Gasteiger partial charge in [-0.15, -0.1) is 0 Å². The summed E-state index contributed by atoms with van der Waals surface area (Å²) < 4.78 is 37.7. The molecule has 22 heavy (non-hydrogen) atoms. The molecule has 0 saturated heterocycles. The molecule has 0 amide bonds. The molecule has 8 heteroatoms. The number of sulfonamides is 1. The van der Waals surface area contributed by atoms with Crippen LogP contribution in [0.25, 0.3) is 0 Å². The predicted molar refractivity (Wildman–Crippen MR) is 84.1 cm³/mol. The molecule has 2 rings (SSSR count). The quantitative estimate of drug-likeness (QED) is 0.844. The Morgan fingerprint density at radius 3 is 2.41 bits per heavy atom. The Morgan fingerprint density at radius 1 is 1.09 bits per heavy atom. The van der Waals surface area contributed by atoms with E-state index < -0.39 is 10.0 Å². The molecule has 0 fully saturated rings. The summed E-state index contributed by atoms with van der Waals surface area (Å²) in [6, 6.07) is 7.84. The summed E-state index contributed by atoms with van der Waals surface area (Å²) in [7, 11) is 0.777. The van der Waals surface area contributed by atoms with Crippen molar-refractivity contribution in [3.63, 3.8) is 0 Å². The van der Waals surface area contributed by atoms with Gasteiger partial charge in [-0.05, 0) is 24.3 Å². The van der Waals surface area contributed by atoms with Gasteiger partial charge in [0, 0.05) is 13.1 Å². The highest BCUT2D eigenvalue weighted by molar-refractivity contribution is 7.92. The number of methoxy groups -OCH3 is 2. The van der Waals surface area contributed by atoms with Crippen LogP contribution in [-0.2, 0) is 10.0 Å². The van der Waals surface area contributed by atoms with Crippen molar-refractivity contribution in [2.45, 2.75) is 4.90 Å². The number of nitrogens with zero attached hydrogens (tertiary/aromatic N) is 1. The number of hydrogen-bond donors (Lipinski definition) is 2. The standard InChI is InChI=1S/C14H17N3O4S/c1-15-14-7-4-10(9-16-14)17-22(18,19)13-8-11(20-2)5-6-12(13)21-3/h4-9,17H,1-3H3,(H,15,16). The molecule has 0 bridgehead atoms. The molecule has 0 saturated carbocycles. The number of nitrogens with one attached hydrogen (secondary N) is 2. The number of aromatic nitrogens is 1. The van der Waals surface area contributed by atoms with Gasteiger partial charge in [0.15, 0.2) is 0 Å². The Kier molecular flexibility index (Phi) is 4.71. The molecule has 0 unspecified atom stereocenters. The summed E-state index contributed by atoms with van der Waals surface area (Å²) in [5, 5.41) is 2.86. The maximum atomic E-state index is 12.5. The Balaban J connectivity index is 2.36. The first-order chi connectivity index (χ1) is 10.5. The van der Waals surface area contributed by atoms with E-state index in [1.807, 2.05) is 0 Å². The molecule has 7 nitrogen and oxygen atoms in total. The first kappa shape index (κ1) is 15.9. The molecule has 1 aromatic heterocycles. The van der Waals surface area contributed by atoms with E-state index in [9.17, 15) is 8.42 Å². The van der Waals surface area contributed by atoms with Crippen molar-refractivity contribution in [3.8, 4) is 11.5 Å². The lowest BCUT2D eigenvalue weighted by Gasteiger charge is -2.12. The highest BCUT2D eigenvalue weighted by Gasteiger charge is 2.20. The van der Waals surface area contributed by atoms with E-state index in [1.165, 1.54) is 32.5 Å². The van der Waals surface area contributed by atoms with E-state index in [-0.39, 0.29) is 10.6 Å². The second-order valence-electron chi connectivity index (χ2n) is 4.30. The third kappa shape index (κ3) is 3.40. The van der Waals surface area contributed by atoms with Crippen molar-refractivity contribution in [2.24, 2.45) is 0 Å². The molecule has 0 radical (unpaired) electrons. The molecular formula is C14H17N3O4S. The van der Waals surface area contributed by atoms with Gasteiger partial charge in [0.1, 0.15) is 22.2 Å². The lowest BCUT2D eigenvalue weighted by molar-refractivity contribution is 0.392. The van der Waals surface area contributed by atoms with Crippen LogP contribution < -0.4 is 19.5 Å². The zero-order valence-electron chi connectivity index (χ0n) is 12.5. The van der Waals surface area contributed by atoms with Gasteiger partial charge in [0.2, 0.25) is 0 Å². The fourth-order valence-corrected chi connectivity index (χ4v) is 3.03. The summed E-state index contributed by atoms with van der Waals surface area (Å²) in [5.41, 5.74) is 0.351. The molecule has 1 heterocycles. The Morgan fingerprint density at radius 2 is 1.86 bits per heavy atom. The van der Waals surface area contributed by atoms with E-state index in [2.05, 4.69) is 15.0 Å². The van der Waals surface area contributed by atoms with Crippen LogP contribution in [-0.4, -0.2) is 34.7 Å². The summed E-state index contributed by atoms with van der Waals surface area (Å²) in [4.78, 5) is 4.05. The minimum atomic E-state index is -3.82. The van der Waals surface area contributed by atoms with E-state index in [1.54, 1.807) is 25.2 Å². The molecule has 1 aromatic carbocycles. The smallest absolute Gasteiger partial charge is 0.265 e. The van der Waals surface area contributed by atoms with Crippen LogP contribution >= 0.6 is 0 Å². The maximum absolute atomic E-state index is 12.5. The minimum Gasteiger partial charge on any atom is -0.497 e. The van der Waals surface area contributed by atoms with Gasteiger partial charge in [-0.1, -0.05) is 0 Å². The highest BCUT2D eigenvalue weighted by atomic mass is 32.2. The summed E-state index contributed by atoms with van der Waals surface area (Å²) >= 11 is 0. The number of rotatable bonds is 6. The molecule has 0 aliphatic carbocycles. The largest absolute Gasteiger partial charge is 0.497 e. The zero-order chi connectivity index (χ0) is 16.2. The van der Waals surface area contributed by atoms with Gasteiger partial charge < -0.3 is 14.8 Å². The lowest BCUT2D eigenvalue weighted by Crippen LogP contribution is -2.14. The molecule has 0 atom stereocenters. The Bertz CT molecular complexity index is 745. The van der Waals surface area contributed by atoms with Crippen LogP contribution in [0.1, 0.15) is 0 Å². The van der Waals surface area contributed by atoms with Gasteiger partial charge in [0.25, 0.3) is 10.0 Å². The SMILES string of the molecule is CNc1ccc(NS(=O)(=O)c2cc(OC)ccc2OC)cn1. The Hall–Kier alpha value is -2.48. The molecule has 118 valence electrons. The van der Waals surface area contributed by atoms with Gasteiger partial charge >= 0.3 is 0 Å². The highest BCUT2D eigenvalue weighted by Crippen LogP contribution is 2.29. The average Bonchev–Trinajstić information content (AvgIpc) is 2.54. The third-order valence-electron chi connectivity index (χ3n) is 2.93. The van der Waals surface area contributed by atoms with Crippen molar-refractivity contribution in [1.29, 1.82) is 0 Å². The topological polar surface area (TPSA) is 89.5 Å². The predicted octanol–water partition coefficient (Wildman–Crippen LogP) is 1.94. The molecule has 0 aliphatic heterocycles. The second-order valence-corrected chi connectivity index (χ2v) is 5.96. The number of benzene rings is 1. The van der Waals surface area contributed by atoms with Crippen molar-refractivity contribution in [3.05, 3.63) is 36.5 Å². The van der Waals surface area contributed by atoms with E-state index in [4.69, 9.17) is 9.47 Å². The Labute approximate surface area is 129 Å². The summed E-state index contributed by atoms with van der Waals surface area (Å²) in [6.07, 6.45) is 1.43. The minimum absolute atomic E-state index is 0.00737. The second kappa shape index (κ2) is 6.52. The van der Waals surface area contributed by atoms with Crippen LogP contribution in [0, 0.1) is 0 Å². The average molecular weight is 323 g/mol. The first-order valence-electron chi connectivity index (χ1n) is 6.39. The van der Waals surface area contributed by atoms with Crippen LogP contribution in [0.2, 0.25) is 0 Å². The fraction of sp³-hybridized carbons (Fsp3) is 0.214. The third-order valence-corrected chi connectivity index (χ3v) is 4.33. The van der Waals surface area contributed by atoms with Gasteiger partial charge in [-0.2, -0.15) is 0 Å². The van der Waals surface area contributed by atoms with Crippen LogP contribution in [0.4, 0.5) is 11.5 Å². The molecule has 2 N–H and O–H groups in total. The van der Waals surface area contributed by atoms with Gasteiger partial charge in [-0.25, -0.2) is 13.4 Å². The van der Waals surface area contributed by atoms with Crippen molar-refractivity contribution in [1.82, 2.24) is 4.98 Å².